The summed E-state index contributed by atoms with van der Waals surface area (Å²) in [4.78, 5) is 6.74. The molecule has 0 radical (unpaired) electrons. The van der Waals surface area contributed by atoms with Crippen molar-refractivity contribution in [1.29, 1.82) is 0 Å². The standard InChI is InChI=1S/C24H28N2O4S/c1-16-5-11-21(12-6-16)31(27,28)23-24(26-14-17(2)13-18(3)15-26)30-22(25-23)19-7-9-20(29-4)10-8-19/h5-12,17-18H,13-15H2,1-4H3. The molecule has 2 aromatic carbocycles. The van der Waals surface area contributed by atoms with E-state index in [1.165, 1.54) is 0 Å². The summed E-state index contributed by atoms with van der Waals surface area (Å²) in [7, 11) is -2.24. The molecule has 1 fully saturated rings. The second kappa shape index (κ2) is 8.38. The van der Waals surface area contributed by atoms with Gasteiger partial charge in [-0.3, -0.25) is 0 Å². The lowest BCUT2D eigenvalue weighted by atomic mass is 9.92. The molecule has 1 aliphatic heterocycles. The van der Waals surface area contributed by atoms with E-state index in [1.807, 2.05) is 24.0 Å². The number of nitrogens with zero attached hydrogens (tertiary/aromatic N) is 2. The van der Waals surface area contributed by atoms with Gasteiger partial charge in [-0.2, -0.15) is 4.98 Å². The minimum Gasteiger partial charge on any atom is -0.497 e. The van der Waals surface area contributed by atoms with Crippen molar-refractivity contribution >= 4 is 15.7 Å². The van der Waals surface area contributed by atoms with Crippen LogP contribution in [-0.4, -0.2) is 33.6 Å². The molecule has 3 aromatic rings. The third-order valence-corrected chi connectivity index (χ3v) is 7.33. The summed E-state index contributed by atoms with van der Waals surface area (Å²) in [5.74, 6) is 2.20. The molecular weight excluding hydrogens is 412 g/mol. The van der Waals surface area contributed by atoms with Crippen molar-refractivity contribution in [3.05, 3.63) is 54.1 Å². The predicted molar refractivity (Wildman–Crippen MR) is 120 cm³/mol. The second-order valence-electron chi connectivity index (χ2n) is 8.53. The van der Waals surface area contributed by atoms with Crippen molar-refractivity contribution in [2.24, 2.45) is 11.8 Å². The van der Waals surface area contributed by atoms with Crippen molar-refractivity contribution in [3.8, 4) is 17.2 Å². The first-order valence-corrected chi connectivity index (χ1v) is 12.0. The van der Waals surface area contributed by atoms with Gasteiger partial charge in [0.2, 0.25) is 26.6 Å². The SMILES string of the molecule is COc1ccc(-c2nc(S(=O)(=O)c3ccc(C)cc3)c(N3CC(C)CC(C)C3)o2)cc1. The predicted octanol–water partition coefficient (Wildman–Crippen LogP) is 4.97. The van der Waals surface area contributed by atoms with E-state index in [-0.39, 0.29) is 15.8 Å². The van der Waals surface area contributed by atoms with Crippen molar-refractivity contribution in [2.75, 3.05) is 25.1 Å². The van der Waals surface area contributed by atoms with Crippen LogP contribution in [0.3, 0.4) is 0 Å². The van der Waals surface area contributed by atoms with Crippen molar-refractivity contribution in [2.45, 2.75) is 37.1 Å². The highest BCUT2D eigenvalue weighted by Crippen LogP contribution is 2.37. The molecule has 1 aromatic heterocycles. The fourth-order valence-corrected chi connectivity index (χ4v) is 5.51. The third-order valence-electron chi connectivity index (χ3n) is 5.66. The molecule has 7 heteroatoms. The lowest BCUT2D eigenvalue weighted by Crippen LogP contribution is -2.39. The Kier molecular flexibility index (Phi) is 5.79. The van der Waals surface area contributed by atoms with Crippen LogP contribution in [0, 0.1) is 18.8 Å². The molecule has 31 heavy (non-hydrogen) atoms. The Morgan fingerprint density at radius 1 is 1.00 bits per heavy atom. The van der Waals surface area contributed by atoms with Gasteiger partial charge < -0.3 is 14.1 Å². The van der Waals surface area contributed by atoms with E-state index in [4.69, 9.17) is 9.15 Å². The van der Waals surface area contributed by atoms with Crippen LogP contribution in [0.2, 0.25) is 0 Å². The molecule has 4 rings (SSSR count). The van der Waals surface area contributed by atoms with Gasteiger partial charge in [-0.25, -0.2) is 8.42 Å². The Morgan fingerprint density at radius 3 is 2.19 bits per heavy atom. The van der Waals surface area contributed by atoms with Gasteiger partial charge in [0.15, 0.2) is 0 Å². The molecule has 0 amide bonds. The van der Waals surface area contributed by atoms with Gasteiger partial charge in [-0.1, -0.05) is 31.5 Å². The van der Waals surface area contributed by atoms with Crippen LogP contribution in [0.4, 0.5) is 5.88 Å². The summed E-state index contributed by atoms with van der Waals surface area (Å²) in [5.41, 5.74) is 1.70. The lowest BCUT2D eigenvalue weighted by Gasteiger charge is -2.34. The number of aryl methyl sites for hydroxylation is 1. The Bertz CT molecular complexity index is 1140. The summed E-state index contributed by atoms with van der Waals surface area (Å²) < 4.78 is 38.5. The van der Waals surface area contributed by atoms with Crippen LogP contribution < -0.4 is 9.64 Å². The summed E-state index contributed by atoms with van der Waals surface area (Å²) in [6.07, 6.45) is 1.11. The van der Waals surface area contributed by atoms with Gasteiger partial charge in [0.25, 0.3) is 0 Å². The second-order valence-corrected chi connectivity index (χ2v) is 10.4. The Morgan fingerprint density at radius 2 is 1.61 bits per heavy atom. The maximum absolute atomic E-state index is 13.5. The number of benzene rings is 2. The molecule has 6 nitrogen and oxygen atoms in total. The number of anilines is 1. The van der Waals surface area contributed by atoms with Crippen molar-refractivity contribution < 1.29 is 17.6 Å². The summed E-state index contributed by atoms with van der Waals surface area (Å²) in [6.45, 7) is 7.75. The molecule has 164 valence electrons. The van der Waals surface area contributed by atoms with Crippen LogP contribution >= 0.6 is 0 Å². The van der Waals surface area contributed by atoms with E-state index in [1.54, 1.807) is 43.5 Å². The smallest absolute Gasteiger partial charge is 0.236 e. The monoisotopic (exact) mass is 440 g/mol. The number of sulfone groups is 1. The Labute approximate surface area is 183 Å². The summed E-state index contributed by atoms with van der Waals surface area (Å²) in [6, 6.07) is 14.1. The van der Waals surface area contributed by atoms with E-state index in [9.17, 15) is 8.42 Å². The molecule has 1 aliphatic rings. The molecule has 0 N–H and O–H groups in total. The average molecular weight is 441 g/mol. The minimum absolute atomic E-state index is 0.0246. The van der Waals surface area contributed by atoms with Gasteiger partial charge in [0, 0.05) is 18.7 Å². The molecule has 2 atom stereocenters. The first kappa shape index (κ1) is 21.4. The van der Waals surface area contributed by atoms with Crippen LogP contribution in [0.1, 0.15) is 25.8 Å². The number of hydrogen-bond acceptors (Lipinski definition) is 6. The number of aromatic nitrogens is 1. The van der Waals surface area contributed by atoms with Crippen molar-refractivity contribution in [1.82, 2.24) is 4.98 Å². The number of oxazole rings is 1. The van der Waals surface area contributed by atoms with E-state index in [0.717, 1.165) is 25.1 Å². The van der Waals surface area contributed by atoms with Crippen LogP contribution in [0.25, 0.3) is 11.5 Å². The zero-order valence-corrected chi connectivity index (χ0v) is 19.1. The van der Waals surface area contributed by atoms with Gasteiger partial charge in [-0.05, 0) is 61.6 Å². The molecule has 0 aliphatic carbocycles. The van der Waals surface area contributed by atoms with Gasteiger partial charge in [0.1, 0.15) is 5.75 Å². The quantitative estimate of drug-likeness (QED) is 0.558. The molecule has 2 unspecified atom stereocenters. The van der Waals surface area contributed by atoms with Crippen molar-refractivity contribution in [3.63, 3.8) is 0 Å². The number of ether oxygens (including phenoxy) is 1. The molecule has 1 saturated heterocycles. The highest BCUT2D eigenvalue weighted by molar-refractivity contribution is 7.91. The molecule has 0 spiro atoms. The van der Waals surface area contributed by atoms with E-state index in [2.05, 4.69) is 18.8 Å². The summed E-state index contributed by atoms with van der Waals surface area (Å²) in [5, 5.41) is -0.0246. The van der Waals surface area contributed by atoms with Gasteiger partial charge >= 0.3 is 0 Å². The number of methoxy groups -OCH3 is 1. The molecule has 0 saturated carbocycles. The van der Waals surface area contributed by atoms with E-state index in [0.29, 0.717) is 29.0 Å². The first-order valence-electron chi connectivity index (χ1n) is 10.5. The third kappa shape index (κ3) is 4.32. The van der Waals surface area contributed by atoms with Gasteiger partial charge in [-0.15, -0.1) is 0 Å². The molecule has 0 bridgehead atoms. The maximum atomic E-state index is 13.5. The summed E-state index contributed by atoms with van der Waals surface area (Å²) >= 11 is 0. The minimum atomic E-state index is -3.84. The largest absolute Gasteiger partial charge is 0.497 e. The van der Waals surface area contributed by atoms with E-state index < -0.39 is 9.84 Å². The number of rotatable bonds is 5. The normalized spacial score (nSPS) is 19.4. The fourth-order valence-electron chi connectivity index (χ4n) is 4.19. The highest BCUT2D eigenvalue weighted by atomic mass is 32.2. The average Bonchev–Trinajstić information content (AvgIpc) is 3.20. The van der Waals surface area contributed by atoms with Crippen LogP contribution in [0.5, 0.6) is 5.75 Å². The maximum Gasteiger partial charge on any atom is 0.236 e. The zero-order valence-electron chi connectivity index (χ0n) is 18.3. The zero-order chi connectivity index (χ0) is 22.2. The van der Waals surface area contributed by atoms with Gasteiger partial charge in [0.05, 0.1) is 12.0 Å². The lowest BCUT2D eigenvalue weighted by molar-refractivity contribution is 0.342. The van der Waals surface area contributed by atoms with E-state index >= 15 is 0 Å². The Hall–Kier alpha value is -2.80. The first-order chi connectivity index (χ1) is 14.8. The topological polar surface area (TPSA) is 72.6 Å². The highest BCUT2D eigenvalue weighted by Gasteiger charge is 2.34. The molecule has 2 heterocycles. The molecular formula is C24H28N2O4S. The Balaban J connectivity index is 1.83. The number of hydrogen-bond donors (Lipinski definition) is 0. The number of piperidine rings is 1. The van der Waals surface area contributed by atoms with Crippen LogP contribution in [-0.2, 0) is 9.84 Å². The van der Waals surface area contributed by atoms with Crippen LogP contribution in [0.15, 0.2) is 62.9 Å². The fraction of sp³-hybridized carbons (Fsp3) is 0.375.